The Morgan fingerprint density at radius 3 is 2.00 bits per heavy atom. The number of nitrogens with two attached hydrogens (primary N) is 1. The van der Waals surface area contributed by atoms with Crippen molar-refractivity contribution >= 4 is 5.97 Å². The quantitative estimate of drug-likeness (QED) is 0.482. The molecule has 0 spiro atoms. The summed E-state index contributed by atoms with van der Waals surface area (Å²) in [5.74, 6) is -0.853. The molecule has 3 N–H and O–H groups in total. The summed E-state index contributed by atoms with van der Waals surface area (Å²) in [5.41, 5.74) is 5.55. The largest absolute Gasteiger partial charge is 0.481 e. The maximum absolute atomic E-state index is 10.1. The second-order valence-electron chi connectivity index (χ2n) is 3.75. The summed E-state index contributed by atoms with van der Waals surface area (Å²) in [7, 11) is 0. The highest BCUT2D eigenvalue weighted by atomic mass is 16.5. The first-order valence-electron chi connectivity index (χ1n) is 5.83. The van der Waals surface area contributed by atoms with E-state index in [1.807, 2.05) is 6.92 Å². The van der Waals surface area contributed by atoms with Gasteiger partial charge in [0.1, 0.15) is 0 Å². The first-order valence-corrected chi connectivity index (χ1v) is 5.83. The third kappa shape index (κ3) is 15.3. The van der Waals surface area contributed by atoms with Crippen molar-refractivity contribution in [2.45, 2.75) is 25.8 Å². The molecular weight excluding hydrogens is 226 g/mol. The average molecular weight is 249 g/mol. The van der Waals surface area contributed by atoms with E-state index in [2.05, 4.69) is 0 Å². The van der Waals surface area contributed by atoms with E-state index in [0.29, 0.717) is 33.0 Å². The van der Waals surface area contributed by atoms with Gasteiger partial charge in [0, 0.05) is 12.6 Å². The van der Waals surface area contributed by atoms with Crippen LogP contribution in [0.1, 0.15) is 19.8 Å². The van der Waals surface area contributed by atoms with Gasteiger partial charge in [0.05, 0.1) is 39.5 Å². The van der Waals surface area contributed by atoms with Crippen molar-refractivity contribution in [3.05, 3.63) is 0 Å². The molecule has 1 atom stereocenters. The van der Waals surface area contributed by atoms with Crippen LogP contribution in [0.15, 0.2) is 0 Å². The molecule has 0 aromatic carbocycles. The normalized spacial score (nSPS) is 12.6. The van der Waals surface area contributed by atoms with Crippen LogP contribution in [0, 0.1) is 0 Å². The minimum atomic E-state index is -0.853. The number of carboxylic acid groups (broad SMARTS) is 1. The third-order valence-electron chi connectivity index (χ3n) is 1.92. The number of ether oxygens (including phenoxy) is 3. The topological polar surface area (TPSA) is 91.0 Å². The number of carboxylic acids is 1. The molecule has 0 amide bonds. The number of hydrogen-bond acceptors (Lipinski definition) is 5. The molecule has 102 valence electrons. The fourth-order valence-electron chi connectivity index (χ4n) is 0.971. The summed E-state index contributed by atoms with van der Waals surface area (Å²) in [5, 5.41) is 8.34. The molecule has 0 aromatic heterocycles. The van der Waals surface area contributed by atoms with Crippen molar-refractivity contribution in [2.24, 2.45) is 5.73 Å². The Morgan fingerprint density at radius 1 is 1.06 bits per heavy atom. The Bertz CT molecular complexity index is 187. The van der Waals surface area contributed by atoms with Gasteiger partial charge in [-0.05, 0) is 13.3 Å². The van der Waals surface area contributed by atoms with Crippen LogP contribution in [-0.2, 0) is 19.0 Å². The lowest BCUT2D eigenvalue weighted by atomic mass is 10.3. The smallest absolute Gasteiger partial charge is 0.305 e. The highest BCUT2D eigenvalue weighted by Gasteiger charge is 1.96. The summed E-state index contributed by atoms with van der Waals surface area (Å²) in [6.45, 7) is 4.74. The van der Waals surface area contributed by atoms with Gasteiger partial charge in [0.15, 0.2) is 0 Å². The molecule has 0 saturated heterocycles. The second kappa shape index (κ2) is 11.8. The summed E-state index contributed by atoms with van der Waals surface area (Å²) in [6.07, 6.45) is 0.874. The van der Waals surface area contributed by atoms with Crippen LogP contribution in [-0.4, -0.2) is 56.8 Å². The fraction of sp³-hybridized carbons (Fsp3) is 0.909. The predicted molar refractivity (Wildman–Crippen MR) is 63.0 cm³/mol. The molecule has 0 rings (SSSR count). The first-order chi connectivity index (χ1) is 8.13. The first kappa shape index (κ1) is 16.3. The highest BCUT2D eigenvalue weighted by molar-refractivity contribution is 5.66. The van der Waals surface area contributed by atoms with E-state index < -0.39 is 5.97 Å². The molecule has 0 fully saturated rings. The molecule has 0 aliphatic rings. The van der Waals surface area contributed by atoms with Crippen molar-refractivity contribution in [3.63, 3.8) is 0 Å². The summed E-state index contributed by atoms with van der Waals surface area (Å²) in [6, 6.07) is 0.165. The van der Waals surface area contributed by atoms with Crippen LogP contribution in [0.25, 0.3) is 0 Å². The van der Waals surface area contributed by atoms with E-state index in [1.165, 1.54) is 0 Å². The van der Waals surface area contributed by atoms with E-state index >= 15 is 0 Å². The van der Waals surface area contributed by atoms with Crippen molar-refractivity contribution in [3.8, 4) is 0 Å². The SMILES string of the molecule is CC(N)CCOCCOCCOCCC(=O)O. The summed E-state index contributed by atoms with van der Waals surface area (Å²) in [4.78, 5) is 10.1. The maximum atomic E-state index is 10.1. The molecule has 0 aliphatic carbocycles. The average Bonchev–Trinajstić information content (AvgIpc) is 2.25. The van der Waals surface area contributed by atoms with Gasteiger partial charge in [-0.3, -0.25) is 4.79 Å². The lowest BCUT2D eigenvalue weighted by Crippen LogP contribution is -2.18. The molecule has 6 heteroatoms. The molecule has 0 aliphatic heterocycles. The lowest BCUT2D eigenvalue weighted by Gasteiger charge is -2.07. The van der Waals surface area contributed by atoms with Gasteiger partial charge in [0.2, 0.25) is 0 Å². The van der Waals surface area contributed by atoms with Gasteiger partial charge >= 0.3 is 5.97 Å². The predicted octanol–water partition coefficient (Wildman–Crippen LogP) is 0.248. The van der Waals surface area contributed by atoms with Crippen molar-refractivity contribution in [2.75, 3.05) is 39.6 Å². The van der Waals surface area contributed by atoms with Crippen LogP contribution in [0.2, 0.25) is 0 Å². The van der Waals surface area contributed by atoms with E-state index in [0.717, 1.165) is 6.42 Å². The monoisotopic (exact) mass is 249 g/mol. The lowest BCUT2D eigenvalue weighted by molar-refractivity contribution is -0.138. The van der Waals surface area contributed by atoms with Gasteiger partial charge in [-0.2, -0.15) is 0 Å². The van der Waals surface area contributed by atoms with E-state index in [-0.39, 0.29) is 19.1 Å². The van der Waals surface area contributed by atoms with Gasteiger partial charge in [-0.25, -0.2) is 0 Å². The Kier molecular flexibility index (Phi) is 11.3. The minimum absolute atomic E-state index is 0.0282. The zero-order valence-electron chi connectivity index (χ0n) is 10.4. The minimum Gasteiger partial charge on any atom is -0.481 e. The fourth-order valence-corrected chi connectivity index (χ4v) is 0.971. The van der Waals surface area contributed by atoms with E-state index in [9.17, 15) is 4.79 Å². The van der Waals surface area contributed by atoms with E-state index in [4.69, 9.17) is 25.1 Å². The Labute approximate surface area is 102 Å². The Morgan fingerprint density at radius 2 is 1.53 bits per heavy atom. The standard InChI is InChI=1S/C11H23NO5/c1-10(12)2-4-15-6-8-17-9-7-16-5-3-11(13)14/h10H,2-9,12H2,1H3,(H,13,14). The number of hydrogen-bond donors (Lipinski definition) is 2. The van der Waals surface area contributed by atoms with E-state index in [1.54, 1.807) is 0 Å². The zero-order chi connectivity index (χ0) is 12.9. The molecule has 0 heterocycles. The molecule has 17 heavy (non-hydrogen) atoms. The van der Waals surface area contributed by atoms with Crippen LogP contribution < -0.4 is 5.73 Å². The highest BCUT2D eigenvalue weighted by Crippen LogP contribution is 1.88. The van der Waals surface area contributed by atoms with Gasteiger partial charge in [0.25, 0.3) is 0 Å². The maximum Gasteiger partial charge on any atom is 0.305 e. The van der Waals surface area contributed by atoms with Crippen LogP contribution in [0.3, 0.4) is 0 Å². The molecular formula is C11H23NO5. The Hall–Kier alpha value is -0.690. The molecule has 0 aromatic rings. The third-order valence-corrected chi connectivity index (χ3v) is 1.92. The van der Waals surface area contributed by atoms with Crippen LogP contribution in [0.4, 0.5) is 0 Å². The van der Waals surface area contributed by atoms with Crippen molar-refractivity contribution < 1.29 is 24.1 Å². The number of aliphatic carboxylic acids is 1. The molecule has 1 unspecified atom stereocenters. The van der Waals surface area contributed by atoms with Crippen LogP contribution >= 0.6 is 0 Å². The molecule has 0 radical (unpaired) electrons. The second-order valence-corrected chi connectivity index (χ2v) is 3.75. The summed E-state index contributed by atoms with van der Waals surface area (Å²) < 4.78 is 15.5. The van der Waals surface area contributed by atoms with Gasteiger partial charge in [-0.15, -0.1) is 0 Å². The molecule has 0 saturated carbocycles. The van der Waals surface area contributed by atoms with Crippen molar-refractivity contribution in [1.82, 2.24) is 0 Å². The Balaban J connectivity index is 2.96. The van der Waals surface area contributed by atoms with Crippen LogP contribution in [0.5, 0.6) is 0 Å². The van der Waals surface area contributed by atoms with Gasteiger partial charge < -0.3 is 25.1 Å². The number of carbonyl (C=O) groups is 1. The zero-order valence-corrected chi connectivity index (χ0v) is 10.4. The van der Waals surface area contributed by atoms with Crippen molar-refractivity contribution in [1.29, 1.82) is 0 Å². The molecule has 6 nitrogen and oxygen atoms in total. The molecule has 0 bridgehead atoms. The number of rotatable bonds is 12. The summed E-state index contributed by atoms with van der Waals surface area (Å²) >= 11 is 0. The van der Waals surface area contributed by atoms with Gasteiger partial charge in [-0.1, -0.05) is 0 Å².